The summed E-state index contributed by atoms with van der Waals surface area (Å²) in [4.78, 5) is 8.89. The molecule has 0 aromatic heterocycles. The summed E-state index contributed by atoms with van der Waals surface area (Å²) in [5, 5.41) is 3.70. The van der Waals surface area contributed by atoms with Crippen LogP contribution in [0.5, 0.6) is 0 Å². The normalized spacial score (nSPS) is 18.3. The summed E-state index contributed by atoms with van der Waals surface area (Å²) in [7, 11) is 0. The van der Waals surface area contributed by atoms with Crippen molar-refractivity contribution in [1.29, 1.82) is 0 Å². The monoisotopic (exact) mass is 180 g/mol. The number of hydrogen-bond donors (Lipinski definition) is 0. The third kappa shape index (κ3) is 3.23. The molecule has 3 nitrogen and oxygen atoms in total. The molecule has 0 aromatic carbocycles. The minimum atomic E-state index is 0.514. The largest absolute Gasteiger partial charge is 0.355 e. The van der Waals surface area contributed by atoms with Gasteiger partial charge in [-0.2, -0.15) is 0 Å². The number of aliphatic imine (C=N–C) groups is 1. The van der Waals surface area contributed by atoms with Gasteiger partial charge < -0.3 is 4.84 Å². The molecule has 0 saturated carbocycles. The van der Waals surface area contributed by atoms with Crippen molar-refractivity contribution in [2.45, 2.75) is 27.7 Å². The lowest BCUT2D eigenvalue weighted by atomic mass is 10.2. The fraction of sp³-hybridized carbons (Fsp3) is 0.400. The van der Waals surface area contributed by atoms with Crippen molar-refractivity contribution in [3.8, 4) is 0 Å². The maximum Gasteiger partial charge on any atom is 0.178 e. The zero-order chi connectivity index (χ0) is 10.3. The van der Waals surface area contributed by atoms with Crippen molar-refractivity contribution in [3.05, 3.63) is 24.6 Å². The minimum absolute atomic E-state index is 0.514. The van der Waals surface area contributed by atoms with Crippen LogP contribution in [-0.2, 0) is 4.84 Å². The fourth-order valence-corrected chi connectivity index (χ4v) is 0.726. The summed E-state index contributed by atoms with van der Waals surface area (Å²) < 4.78 is 0. The molecule has 1 aliphatic heterocycles. The van der Waals surface area contributed by atoms with Gasteiger partial charge in [-0.1, -0.05) is 31.7 Å². The zero-order valence-electron chi connectivity index (χ0n) is 8.66. The first-order chi connectivity index (χ1) is 6.25. The average molecular weight is 180 g/mol. The fourth-order valence-electron chi connectivity index (χ4n) is 0.726. The Kier molecular flexibility index (Phi) is 5.52. The highest BCUT2D eigenvalue weighted by Gasteiger charge is 2.16. The molecule has 3 heteroatoms. The second-order valence-electron chi connectivity index (χ2n) is 2.15. The van der Waals surface area contributed by atoms with Gasteiger partial charge in [-0.05, 0) is 13.8 Å². The highest BCUT2D eigenvalue weighted by atomic mass is 16.6. The quantitative estimate of drug-likeness (QED) is 0.610. The second-order valence-corrected chi connectivity index (χ2v) is 2.15. The van der Waals surface area contributed by atoms with Crippen LogP contribution in [0, 0.1) is 0 Å². The molecule has 0 atom stereocenters. The number of nitrogens with zero attached hydrogens (tertiary/aromatic N) is 2. The predicted molar refractivity (Wildman–Crippen MR) is 56.9 cm³/mol. The van der Waals surface area contributed by atoms with Crippen molar-refractivity contribution < 1.29 is 4.84 Å². The Morgan fingerprint density at radius 2 is 2.08 bits per heavy atom. The van der Waals surface area contributed by atoms with Crippen LogP contribution in [0.2, 0.25) is 0 Å². The van der Waals surface area contributed by atoms with Gasteiger partial charge >= 0.3 is 0 Å². The second kappa shape index (κ2) is 6.17. The van der Waals surface area contributed by atoms with Gasteiger partial charge in [-0.25, -0.2) is 0 Å². The van der Waals surface area contributed by atoms with E-state index in [4.69, 9.17) is 4.84 Å². The Balaban J connectivity index is 0.000000671. The van der Waals surface area contributed by atoms with Gasteiger partial charge in [0.15, 0.2) is 5.76 Å². The molecular weight excluding hydrogens is 164 g/mol. The summed E-state index contributed by atoms with van der Waals surface area (Å²) in [5.74, 6) is 0.514. The van der Waals surface area contributed by atoms with Gasteiger partial charge in [-0.3, -0.25) is 4.99 Å². The first kappa shape index (κ1) is 11.6. The Morgan fingerprint density at radius 1 is 1.46 bits per heavy atom. The van der Waals surface area contributed by atoms with Gasteiger partial charge in [0.1, 0.15) is 11.4 Å². The van der Waals surface area contributed by atoms with Crippen LogP contribution in [0.3, 0.4) is 0 Å². The summed E-state index contributed by atoms with van der Waals surface area (Å²) in [6, 6.07) is 0. The lowest BCUT2D eigenvalue weighted by Gasteiger charge is -1.90. The van der Waals surface area contributed by atoms with E-state index in [1.54, 1.807) is 6.20 Å². The molecule has 1 aliphatic rings. The molecule has 0 aromatic rings. The molecule has 0 aliphatic carbocycles. The summed E-state index contributed by atoms with van der Waals surface area (Å²) in [6.07, 6.45) is 3.53. The predicted octanol–water partition coefficient (Wildman–Crippen LogP) is 2.91. The summed E-state index contributed by atoms with van der Waals surface area (Å²) in [5.41, 5.74) is 1.50. The molecule has 0 N–H and O–H groups in total. The van der Waals surface area contributed by atoms with Crippen LogP contribution in [0.15, 0.2) is 34.8 Å². The van der Waals surface area contributed by atoms with Gasteiger partial charge in [-0.15, -0.1) is 0 Å². The Bertz CT molecular complexity index is 262. The number of oxime groups is 1. The van der Waals surface area contributed by atoms with Crippen LogP contribution in [0.1, 0.15) is 27.7 Å². The SMILES string of the molecule is C=C1ON=C(C)C1=N/C=C\C.CC. The van der Waals surface area contributed by atoms with E-state index in [2.05, 4.69) is 16.7 Å². The van der Waals surface area contributed by atoms with Gasteiger partial charge in [0.2, 0.25) is 0 Å². The molecule has 0 bridgehead atoms. The van der Waals surface area contributed by atoms with Crippen molar-refractivity contribution in [1.82, 2.24) is 0 Å². The zero-order valence-corrected chi connectivity index (χ0v) is 8.66. The molecule has 1 rings (SSSR count). The van der Waals surface area contributed by atoms with E-state index in [9.17, 15) is 0 Å². The van der Waals surface area contributed by atoms with Gasteiger partial charge in [0, 0.05) is 6.20 Å². The van der Waals surface area contributed by atoms with Crippen molar-refractivity contribution in [3.63, 3.8) is 0 Å². The number of rotatable bonds is 1. The third-order valence-electron chi connectivity index (χ3n) is 1.25. The Labute approximate surface area is 79.5 Å². The maximum absolute atomic E-state index is 4.80. The highest BCUT2D eigenvalue weighted by molar-refractivity contribution is 6.48. The Hall–Kier alpha value is -1.38. The van der Waals surface area contributed by atoms with Crippen molar-refractivity contribution in [2.24, 2.45) is 10.1 Å². The molecule has 72 valence electrons. The van der Waals surface area contributed by atoms with Crippen LogP contribution in [0.25, 0.3) is 0 Å². The third-order valence-corrected chi connectivity index (χ3v) is 1.25. The van der Waals surface area contributed by atoms with Crippen LogP contribution < -0.4 is 0 Å². The van der Waals surface area contributed by atoms with E-state index in [0.29, 0.717) is 5.76 Å². The molecule has 1 heterocycles. The molecule has 0 radical (unpaired) electrons. The van der Waals surface area contributed by atoms with E-state index in [0.717, 1.165) is 11.4 Å². The van der Waals surface area contributed by atoms with Crippen LogP contribution in [-0.4, -0.2) is 11.4 Å². The molecule has 0 fully saturated rings. The van der Waals surface area contributed by atoms with E-state index in [1.807, 2.05) is 33.8 Å². The molecule has 0 amide bonds. The van der Waals surface area contributed by atoms with Gasteiger partial charge in [0.05, 0.1) is 0 Å². The molecule has 13 heavy (non-hydrogen) atoms. The lowest BCUT2D eigenvalue weighted by Crippen LogP contribution is -2.05. The Morgan fingerprint density at radius 3 is 2.46 bits per heavy atom. The topological polar surface area (TPSA) is 34.0 Å². The standard InChI is InChI=1S/C8H10N2O.C2H6/c1-4-5-9-8-6(2)10-11-7(8)3;1-2/h4-5H,3H2,1-2H3;1-2H3/b5-4-,9-8?;. The number of allylic oxidation sites excluding steroid dienone is 2. The average Bonchev–Trinajstić information content (AvgIpc) is 2.47. The van der Waals surface area contributed by atoms with Crippen LogP contribution >= 0.6 is 0 Å². The lowest BCUT2D eigenvalue weighted by molar-refractivity contribution is 0.260. The van der Waals surface area contributed by atoms with E-state index in [-0.39, 0.29) is 0 Å². The first-order valence-corrected chi connectivity index (χ1v) is 4.36. The van der Waals surface area contributed by atoms with Crippen LogP contribution in [0.4, 0.5) is 0 Å². The summed E-state index contributed by atoms with van der Waals surface area (Å²) >= 11 is 0. The molecule has 0 unspecified atom stereocenters. The van der Waals surface area contributed by atoms with Crippen molar-refractivity contribution >= 4 is 11.4 Å². The number of hydrogen-bond acceptors (Lipinski definition) is 3. The molecule has 0 spiro atoms. The highest BCUT2D eigenvalue weighted by Crippen LogP contribution is 2.09. The first-order valence-electron chi connectivity index (χ1n) is 4.36. The van der Waals surface area contributed by atoms with E-state index < -0.39 is 0 Å². The maximum atomic E-state index is 4.80. The smallest absolute Gasteiger partial charge is 0.178 e. The van der Waals surface area contributed by atoms with Crippen molar-refractivity contribution in [2.75, 3.05) is 0 Å². The summed E-state index contributed by atoms with van der Waals surface area (Å²) in [6.45, 7) is 11.4. The minimum Gasteiger partial charge on any atom is -0.355 e. The van der Waals surface area contributed by atoms with E-state index in [1.165, 1.54) is 0 Å². The molecule has 0 saturated heterocycles. The molecular formula is C10H16N2O. The van der Waals surface area contributed by atoms with E-state index >= 15 is 0 Å². The van der Waals surface area contributed by atoms with Gasteiger partial charge in [0.25, 0.3) is 0 Å².